The maximum atomic E-state index is 14.0. The highest BCUT2D eigenvalue weighted by Gasteiger charge is 2.13. The molecule has 0 aliphatic carbocycles. The van der Waals surface area contributed by atoms with Gasteiger partial charge in [0.15, 0.2) is 0 Å². The molecule has 0 aliphatic rings. The molecule has 0 spiro atoms. The zero-order chi connectivity index (χ0) is 14.5. The quantitative estimate of drug-likeness (QED) is 0.863. The maximum absolute atomic E-state index is 14.0. The van der Waals surface area contributed by atoms with Crippen molar-refractivity contribution < 1.29 is 4.39 Å². The summed E-state index contributed by atoms with van der Waals surface area (Å²) >= 11 is 4.81. The van der Waals surface area contributed by atoms with Crippen molar-refractivity contribution in [2.75, 3.05) is 0 Å². The van der Waals surface area contributed by atoms with Crippen LogP contribution in [0.1, 0.15) is 18.9 Å². The summed E-state index contributed by atoms with van der Waals surface area (Å²) in [7, 11) is 0. The van der Waals surface area contributed by atoms with Crippen LogP contribution >= 0.6 is 27.7 Å². The fourth-order valence-corrected chi connectivity index (χ4v) is 2.93. The molecule has 2 N–H and O–H groups in total. The molecule has 0 bridgehead atoms. The van der Waals surface area contributed by atoms with E-state index in [0.717, 1.165) is 20.8 Å². The first-order chi connectivity index (χ1) is 9.60. The van der Waals surface area contributed by atoms with Gasteiger partial charge in [-0.25, -0.2) is 9.37 Å². The van der Waals surface area contributed by atoms with Crippen molar-refractivity contribution in [2.45, 2.75) is 35.7 Å². The van der Waals surface area contributed by atoms with Crippen LogP contribution in [0.3, 0.4) is 0 Å². The van der Waals surface area contributed by atoms with Gasteiger partial charge in [-0.1, -0.05) is 24.8 Å². The van der Waals surface area contributed by atoms with E-state index in [4.69, 9.17) is 5.73 Å². The average molecular weight is 355 g/mol. The van der Waals surface area contributed by atoms with Gasteiger partial charge in [0.25, 0.3) is 0 Å². The summed E-state index contributed by atoms with van der Waals surface area (Å²) in [5.74, 6) is -0.198. The molecule has 1 unspecified atom stereocenters. The number of rotatable bonds is 5. The van der Waals surface area contributed by atoms with Gasteiger partial charge in [-0.15, -0.1) is 0 Å². The molecule has 0 aliphatic heterocycles. The minimum atomic E-state index is -0.198. The Kier molecular flexibility index (Phi) is 5.57. The zero-order valence-corrected chi connectivity index (χ0v) is 13.5. The molecule has 106 valence electrons. The molecule has 1 aromatic heterocycles. The monoisotopic (exact) mass is 354 g/mol. The molecule has 0 fully saturated rings. The van der Waals surface area contributed by atoms with Crippen LogP contribution in [-0.2, 0) is 6.42 Å². The summed E-state index contributed by atoms with van der Waals surface area (Å²) in [6.45, 7) is 2.01. The molecule has 1 atom stereocenters. The van der Waals surface area contributed by atoms with Gasteiger partial charge in [-0.05, 0) is 53.0 Å². The first kappa shape index (κ1) is 15.5. The van der Waals surface area contributed by atoms with Crippen molar-refractivity contribution in [1.82, 2.24) is 4.98 Å². The van der Waals surface area contributed by atoms with Crippen LogP contribution in [0.5, 0.6) is 0 Å². The molecule has 2 rings (SSSR count). The third kappa shape index (κ3) is 4.04. The highest BCUT2D eigenvalue weighted by Crippen LogP contribution is 2.31. The molecule has 5 heteroatoms. The molecule has 0 saturated carbocycles. The first-order valence-electron chi connectivity index (χ1n) is 6.42. The van der Waals surface area contributed by atoms with Crippen molar-refractivity contribution >= 4 is 27.7 Å². The van der Waals surface area contributed by atoms with Crippen LogP contribution in [0.15, 0.2) is 50.9 Å². The SMILES string of the molecule is CCC(N)Cc1c(F)cccc1Sc1ccc(Br)cn1. The molecule has 1 aromatic carbocycles. The minimum absolute atomic E-state index is 0.0240. The molecular formula is C15H16BrFN2S. The fraction of sp³-hybridized carbons (Fsp3) is 0.267. The van der Waals surface area contributed by atoms with Gasteiger partial charge in [0, 0.05) is 27.2 Å². The lowest BCUT2D eigenvalue weighted by Gasteiger charge is -2.13. The number of benzene rings is 1. The van der Waals surface area contributed by atoms with E-state index in [2.05, 4.69) is 20.9 Å². The lowest BCUT2D eigenvalue weighted by Crippen LogP contribution is -2.22. The predicted molar refractivity (Wildman–Crippen MR) is 84.4 cm³/mol. The summed E-state index contributed by atoms with van der Waals surface area (Å²) in [5.41, 5.74) is 6.64. The van der Waals surface area contributed by atoms with E-state index in [1.54, 1.807) is 12.3 Å². The van der Waals surface area contributed by atoms with Crippen molar-refractivity contribution in [3.05, 3.63) is 52.4 Å². The minimum Gasteiger partial charge on any atom is -0.327 e. The number of aromatic nitrogens is 1. The summed E-state index contributed by atoms with van der Waals surface area (Å²) in [4.78, 5) is 5.18. The van der Waals surface area contributed by atoms with Gasteiger partial charge in [0.1, 0.15) is 10.8 Å². The highest BCUT2D eigenvalue weighted by molar-refractivity contribution is 9.10. The van der Waals surface area contributed by atoms with E-state index in [-0.39, 0.29) is 11.9 Å². The van der Waals surface area contributed by atoms with E-state index in [1.165, 1.54) is 17.8 Å². The van der Waals surface area contributed by atoms with Gasteiger partial charge < -0.3 is 5.73 Å². The van der Waals surface area contributed by atoms with Crippen LogP contribution in [0.4, 0.5) is 4.39 Å². The summed E-state index contributed by atoms with van der Waals surface area (Å²) in [6, 6.07) is 8.92. The zero-order valence-electron chi connectivity index (χ0n) is 11.1. The maximum Gasteiger partial charge on any atom is 0.127 e. The molecule has 0 saturated heterocycles. The second-order valence-corrected chi connectivity index (χ2v) is 6.48. The van der Waals surface area contributed by atoms with Crippen molar-refractivity contribution in [2.24, 2.45) is 5.73 Å². The Morgan fingerprint density at radius 1 is 1.35 bits per heavy atom. The van der Waals surface area contributed by atoms with Gasteiger partial charge >= 0.3 is 0 Å². The topological polar surface area (TPSA) is 38.9 Å². The van der Waals surface area contributed by atoms with Gasteiger partial charge in [0.2, 0.25) is 0 Å². The normalized spacial score (nSPS) is 12.4. The Bertz CT molecular complexity index is 575. The molecule has 1 heterocycles. The van der Waals surface area contributed by atoms with Crippen molar-refractivity contribution in [1.29, 1.82) is 0 Å². The lowest BCUT2D eigenvalue weighted by molar-refractivity contribution is 0.571. The molecule has 0 radical (unpaired) electrons. The summed E-state index contributed by atoms with van der Waals surface area (Å²) < 4.78 is 14.9. The van der Waals surface area contributed by atoms with E-state index in [1.807, 2.05) is 25.1 Å². The van der Waals surface area contributed by atoms with E-state index in [9.17, 15) is 4.39 Å². The Labute approximate surface area is 131 Å². The van der Waals surface area contributed by atoms with Crippen LogP contribution in [0.2, 0.25) is 0 Å². The van der Waals surface area contributed by atoms with Crippen LogP contribution in [-0.4, -0.2) is 11.0 Å². The number of hydrogen-bond donors (Lipinski definition) is 1. The number of halogens is 2. The fourth-order valence-electron chi connectivity index (χ4n) is 1.77. The molecular weight excluding hydrogens is 339 g/mol. The Hall–Kier alpha value is -0.910. The lowest BCUT2D eigenvalue weighted by atomic mass is 10.0. The Morgan fingerprint density at radius 2 is 2.15 bits per heavy atom. The largest absolute Gasteiger partial charge is 0.327 e. The number of hydrogen-bond acceptors (Lipinski definition) is 3. The number of nitrogens with two attached hydrogens (primary N) is 1. The van der Waals surface area contributed by atoms with Crippen LogP contribution < -0.4 is 5.73 Å². The van der Waals surface area contributed by atoms with Gasteiger partial charge in [-0.2, -0.15) is 0 Å². The van der Waals surface area contributed by atoms with Crippen LogP contribution in [0.25, 0.3) is 0 Å². The second kappa shape index (κ2) is 7.20. The highest BCUT2D eigenvalue weighted by atomic mass is 79.9. The Balaban J connectivity index is 2.26. The predicted octanol–water partition coefficient (Wildman–Crippen LogP) is 4.41. The molecule has 2 nitrogen and oxygen atoms in total. The summed E-state index contributed by atoms with van der Waals surface area (Å²) in [6.07, 6.45) is 3.11. The number of pyridine rings is 1. The summed E-state index contributed by atoms with van der Waals surface area (Å²) in [5, 5.41) is 0.838. The molecule has 0 amide bonds. The van der Waals surface area contributed by atoms with E-state index < -0.39 is 0 Å². The standard InChI is InChI=1S/C15H16BrFN2S/c1-2-11(18)8-12-13(17)4-3-5-14(12)20-15-7-6-10(16)9-19-15/h3-7,9,11H,2,8,18H2,1H3. The third-order valence-electron chi connectivity index (χ3n) is 2.98. The molecule has 20 heavy (non-hydrogen) atoms. The first-order valence-corrected chi connectivity index (χ1v) is 8.03. The third-order valence-corrected chi connectivity index (χ3v) is 4.50. The van der Waals surface area contributed by atoms with Gasteiger partial charge in [0.05, 0.1) is 0 Å². The smallest absolute Gasteiger partial charge is 0.127 e. The number of nitrogens with zero attached hydrogens (tertiary/aromatic N) is 1. The van der Waals surface area contributed by atoms with Gasteiger partial charge in [-0.3, -0.25) is 0 Å². The van der Waals surface area contributed by atoms with E-state index >= 15 is 0 Å². The average Bonchev–Trinajstić information content (AvgIpc) is 2.45. The van der Waals surface area contributed by atoms with Crippen molar-refractivity contribution in [3.8, 4) is 0 Å². The van der Waals surface area contributed by atoms with Crippen molar-refractivity contribution in [3.63, 3.8) is 0 Å². The second-order valence-electron chi connectivity index (χ2n) is 4.51. The molecule has 2 aromatic rings. The Morgan fingerprint density at radius 3 is 2.80 bits per heavy atom. The van der Waals surface area contributed by atoms with Crippen LogP contribution in [0, 0.1) is 5.82 Å². The van der Waals surface area contributed by atoms with E-state index in [0.29, 0.717) is 12.0 Å².